The van der Waals surface area contributed by atoms with Gasteiger partial charge in [-0.3, -0.25) is 4.79 Å². The molecule has 6 nitrogen and oxygen atoms in total. The summed E-state index contributed by atoms with van der Waals surface area (Å²) in [5.41, 5.74) is 0. The van der Waals surface area contributed by atoms with E-state index in [1.54, 1.807) is 11.9 Å². The van der Waals surface area contributed by atoms with Gasteiger partial charge in [0.15, 0.2) is 0 Å². The molecule has 126 valence electrons. The highest BCUT2D eigenvalue weighted by molar-refractivity contribution is 5.77. The Balaban J connectivity index is 3.11. The quantitative estimate of drug-likeness (QED) is 0.456. The fourth-order valence-corrected chi connectivity index (χ4v) is 1.44. The van der Waals surface area contributed by atoms with Gasteiger partial charge in [0.2, 0.25) is 5.91 Å². The third-order valence-corrected chi connectivity index (χ3v) is 2.99. The first kappa shape index (κ1) is 20.3. The number of carbonyl (C=O) groups excluding carboxylic acids is 1. The first-order valence-electron chi connectivity index (χ1n) is 7.90. The Morgan fingerprint density at radius 1 is 0.952 bits per heavy atom. The molecule has 0 radical (unpaired) electrons. The number of likely N-dealkylation sites (N-methyl/N-ethyl adjacent to an activating group) is 1. The number of ether oxygens (including phenoxy) is 3. The van der Waals surface area contributed by atoms with Crippen LogP contribution in [-0.4, -0.2) is 77.1 Å². The highest BCUT2D eigenvalue weighted by Gasteiger charge is 2.04. The minimum absolute atomic E-state index is 0.101. The standard InChI is InChI=1S/C15H32N2O4/c1-4-6-8-19-10-12-21-13-11-20-9-7-16-14-15(18)17(3)5-2/h16H,4-14H2,1-3H3. The Morgan fingerprint density at radius 3 is 2.10 bits per heavy atom. The van der Waals surface area contributed by atoms with Gasteiger partial charge in [0.05, 0.1) is 39.6 Å². The van der Waals surface area contributed by atoms with Gasteiger partial charge >= 0.3 is 0 Å². The van der Waals surface area contributed by atoms with E-state index in [0.29, 0.717) is 46.1 Å². The molecule has 0 spiro atoms. The van der Waals surface area contributed by atoms with Crippen LogP contribution in [0.4, 0.5) is 0 Å². The summed E-state index contributed by atoms with van der Waals surface area (Å²) in [4.78, 5) is 13.2. The summed E-state index contributed by atoms with van der Waals surface area (Å²) < 4.78 is 16.1. The van der Waals surface area contributed by atoms with E-state index in [2.05, 4.69) is 12.2 Å². The van der Waals surface area contributed by atoms with Crippen LogP contribution in [-0.2, 0) is 19.0 Å². The van der Waals surface area contributed by atoms with E-state index < -0.39 is 0 Å². The van der Waals surface area contributed by atoms with Crippen LogP contribution in [0.5, 0.6) is 0 Å². The molecule has 21 heavy (non-hydrogen) atoms. The summed E-state index contributed by atoms with van der Waals surface area (Å²) in [6.07, 6.45) is 2.26. The fraction of sp³-hybridized carbons (Fsp3) is 0.933. The Morgan fingerprint density at radius 2 is 1.52 bits per heavy atom. The van der Waals surface area contributed by atoms with Crippen molar-refractivity contribution in [2.45, 2.75) is 26.7 Å². The molecular weight excluding hydrogens is 272 g/mol. The van der Waals surface area contributed by atoms with Gasteiger partial charge in [0, 0.05) is 26.7 Å². The lowest BCUT2D eigenvalue weighted by Crippen LogP contribution is -2.36. The maximum absolute atomic E-state index is 11.5. The maximum Gasteiger partial charge on any atom is 0.236 e. The van der Waals surface area contributed by atoms with Crippen LogP contribution < -0.4 is 5.32 Å². The monoisotopic (exact) mass is 304 g/mol. The predicted molar refractivity (Wildman–Crippen MR) is 83.5 cm³/mol. The molecule has 0 atom stereocenters. The molecule has 0 aliphatic carbocycles. The third kappa shape index (κ3) is 14.0. The SMILES string of the molecule is CCCCOCCOCCOCCNCC(=O)N(C)CC. The normalized spacial score (nSPS) is 10.8. The van der Waals surface area contributed by atoms with Crippen LogP contribution in [0.25, 0.3) is 0 Å². The molecule has 0 fully saturated rings. The van der Waals surface area contributed by atoms with Crippen molar-refractivity contribution in [3.63, 3.8) is 0 Å². The van der Waals surface area contributed by atoms with E-state index in [9.17, 15) is 4.79 Å². The number of rotatable bonds is 15. The lowest BCUT2D eigenvalue weighted by Gasteiger charge is -2.14. The summed E-state index contributed by atoms with van der Waals surface area (Å²) in [7, 11) is 1.80. The van der Waals surface area contributed by atoms with Gasteiger partial charge in [0.1, 0.15) is 0 Å². The first-order chi connectivity index (χ1) is 10.2. The van der Waals surface area contributed by atoms with Crippen molar-refractivity contribution in [2.75, 3.05) is 66.3 Å². The molecule has 1 amide bonds. The molecular formula is C15H32N2O4. The van der Waals surface area contributed by atoms with Crippen LogP contribution in [0.2, 0.25) is 0 Å². The van der Waals surface area contributed by atoms with Gasteiger partial charge in [-0.25, -0.2) is 0 Å². The number of nitrogens with one attached hydrogen (secondary N) is 1. The van der Waals surface area contributed by atoms with Crippen molar-refractivity contribution in [2.24, 2.45) is 0 Å². The zero-order valence-electron chi connectivity index (χ0n) is 13.9. The maximum atomic E-state index is 11.5. The number of hydrogen-bond acceptors (Lipinski definition) is 5. The molecule has 0 aliphatic rings. The van der Waals surface area contributed by atoms with Gasteiger partial charge in [-0.05, 0) is 13.3 Å². The summed E-state index contributed by atoms with van der Waals surface area (Å²) >= 11 is 0. The van der Waals surface area contributed by atoms with Gasteiger partial charge in [-0.1, -0.05) is 13.3 Å². The average Bonchev–Trinajstić information content (AvgIpc) is 2.50. The Hall–Kier alpha value is -0.690. The average molecular weight is 304 g/mol. The minimum atomic E-state index is 0.101. The van der Waals surface area contributed by atoms with E-state index in [0.717, 1.165) is 26.0 Å². The number of unbranched alkanes of at least 4 members (excludes halogenated alkanes) is 1. The Kier molecular flexibility index (Phi) is 15.2. The third-order valence-electron chi connectivity index (χ3n) is 2.99. The largest absolute Gasteiger partial charge is 0.379 e. The van der Waals surface area contributed by atoms with Crippen molar-refractivity contribution >= 4 is 5.91 Å². The van der Waals surface area contributed by atoms with Crippen molar-refractivity contribution in [1.82, 2.24) is 10.2 Å². The van der Waals surface area contributed by atoms with Crippen LogP contribution in [0, 0.1) is 0 Å². The van der Waals surface area contributed by atoms with Gasteiger partial charge in [-0.2, -0.15) is 0 Å². The molecule has 6 heteroatoms. The van der Waals surface area contributed by atoms with Crippen LogP contribution in [0.1, 0.15) is 26.7 Å². The minimum Gasteiger partial charge on any atom is -0.379 e. The second-order valence-corrected chi connectivity index (χ2v) is 4.78. The number of carbonyl (C=O) groups is 1. The second-order valence-electron chi connectivity index (χ2n) is 4.78. The van der Waals surface area contributed by atoms with Crippen molar-refractivity contribution < 1.29 is 19.0 Å². The molecule has 0 aromatic heterocycles. The summed E-state index contributed by atoms with van der Waals surface area (Å²) in [6.45, 7) is 9.67. The van der Waals surface area contributed by atoms with Crippen molar-refractivity contribution in [3.8, 4) is 0 Å². The topological polar surface area (TPSA) is 60.0 Å². The zero-order valence-corrected chi connectivity index (χ0v) is 13.9. The summed E-state index contributed by atoms with van der Waals surface area (Å²) in [6, 6.07) is 0. The number of amides is 1. The number of hydrogen-bond donors (Lipinski definition) is 1. The Bertz CT molecular complexity index is 240. The molecule has 0 saturated heterocycles. The van der Waals surface area contributed by atoms with E-state index in [-0.39, 0.29) is 5.91 Å². The van der Waals surface area contributed by atoms with E-state index in [4.69, 9.17) is 14.2 Å². The van der Waals surface area contributed by atoms with Gasteiger partial charge in [0.25, 0.3) is 0 Å². The van der Waals surface area contributed by atoms with Crippen LogP contribution in [0.15, 0.2) is 0 Å². The smallest absolute Gasteiger partial charge is 0.236 e. The molecule has 0 rings (SSSR count). The van der Waals surface area contributed by atoms with E-state index in [1.807, 2.05) is 6.92 Å². The van der Waals surface area contributed by atoms with E-state index in [1.165, 1.54) is 0 Å². The van der Waals surface area contributed by atoms with Gasteiger partial charge in [-0.15, -0.1) is 0 Å². The Labute approximate surface area is 129 Å². The molecule has 0 bridgehead atoms. The van der Waals surface area contributed by atoms with Crippen LogP contribution in [0.3, 0.4) is 0 Å². The summed E-state index contributed by atoms with van der Waals surface area (Å²) in [5, 5.41) is 3.05. The molecule has 0 aromatic rings. The molecule has 0 saturated carbocycles. The van der Waals surface area contributed by atoms with Crippen molar-refractivity contribution in [3.05, 3.63) is 0 Å². The zero-order chi connectivity index (χ0) is 15.8. The fourth-order valence-electron chi connectivity index (χ4n) is 1.44. The number of nitrogens with zero attached hydrogens (tertiary/aromatic N) is 1. The predicted octanol–water partition coefficient (Wildman–Crippen LogP) is 0.904. The first-order valence-corrected chi connectivity index (χ1v) is 7.90. The highest BCUT2D eigenvalue weighted by atomic mass is 16.5. The second kappa shape index (κ2) is 15.7. The summed E-state index contributed by atoms with van der Waals surface area (Å²) in [5.74, 6) is 0.101. The van der Waals surface area contributed by atoms with E-state index >= 15 is 0 Å². The lowest BCUT2D eigenvalue weighted by atomic mass is 10.4. The highest BCUT2D eigenvalue weighted by Crippen LogP contribution is 1.88. The van der Waals surface area contributed by atoms with Gasteiger partial charge < -0.3 is 24.4 Å². The van der Waals surface area contributed by atoms with Crippen molar-refractivity contribution in [1.29, 1.82) is 0 Å². The van der Waals surface area contributed by atoms with Crippen LogP contribution >= 0.6 is 0 Å². The molecule has 0 aliphatic heterocycles. The lowest BCUT2D eigenvalue weighted by molar-refractivity contribution is -0.128. The molecule has 0 unspecified atom stereocenters. The molecule has 0 heterocycles. The molecule has 0 aromatic carbocycles. The molecule has 1 N–H and O–H groups in total.